The van der Waals surface area contributed by atoms with Crippen LogP contribution in [0, 0.1) is 12.8 Å². The molecule has 5 aromatic rings. The molecule has 4 aromatic carbocycles. The Bertz CT molecular complexity index is 3010. The maximum absolute atomic E-state index is 14.2. The SMILES string of the molecule is CB(O)N1CCC2(CC1)C(=O)NCN2c1ccccc1.Cc1cc(CN2CN(c3ccccc3)C3(CCN(C(=O)C4CCN(Cc5ccnc(N)c5)CC4)CC3)C2=O)cc(C(F)(F)F)c1.O=C1NCN(c2ccccc2)C12CCNCC2. The highest BCUT2D eigenvalue weighted by molar-refractivity contribution is 6.45. The molecule has 6 N–H and O–H groups in total. The minimum atomic E-state index is -4.46. The van der Waals surface area contributed by atoms with E-state index in [0.29, 0.717) is 56.2 Å². The lowest BCUT2D eigenvalue weighted by Gasteiger charge is -2.44. The number of nitrogens with one attached hydrogen (secondary N) is 3. The number of piperidine rings is 4. The van der Waals surface area contributed by atoms with Gasteiger partial charge in [-0.25, -0.2) is 4.98 Å². The number of hydrogen-bond donors (Lipinski definition) is 5. The zero-order valence-electron chi connectivity index (χ0n) is 47.0. The molecule has 1 aromatic heterocycles. The van der Waals surface area contributed by atoms with Gasteiger partial charge in [-0.15, -0.1) is 0 Å². The van der Waals surface area contributed by atoms with Gasteiger partial charge in [-0.1, -0.05) is 66.2 Å². The first-order valence-corrected chi connectivity index (χ1v) is 28.8. The summed E-state index contributed by atoms with van der Waals surface area (Å²) in [6.07, 6.45) is 3.00. The molecule has 17 nitrogen and oxygen atoms in total. The van der Waals surface area contributed by atoms with Gasteiger partial charge in [-0.2, -0.15) is 13.2 Å². The summed E-state index contributed by atoms with van der Waals surface area (Å²) in [6, 6.07) is 37.7. The standard InChI is InChI=1S/C34H39F3N6O2.C14H20BN3O2.C13H17N3O/c1-24-17-26(19-28(18-24)34(35,36)37)22-42-23-43(29-5-3-2-4-6-29)33(32(42)45)10-15-41(16-11-33)31(44)27-8-13-40(14-9-27)21-25-7-12-39-30(38)20-25;1-15(20)17-9-7-14(8-10-17)13(19)16-11-18(14)12-5-3-2-4-6-12;17-12-13(6-8-14-9-7-13)16(10-15-12)11-4-2-1-3-5-11/h2-7,12,17-20,27H,8-11,13-16,21-23H2,1H3,(H2,38,39);2-6,20H,7-11H2,1H3,(H,16,19);1-5,14H,6-10H2,(H,15,17). The number of nitrogen functional groups attached to an aromatic ring is 1. The van der Waals surface area contributed by atoms with Crippen molar-refractivity contribution in [3.63, 3.8) is 0 Å². The number of carbonyl (C=O) groups is 4. The van der Waals surface area contributed by atoms with Crippen LogP contribution in [-0.2, 0) is 38.4 Å². The molecule has 7 fully saturated rings. The van der Waals surface area contributed by atoms with Crippen molar-refractivity contribution in [3.05, 3.63) is 150 Å². The number of amides is 4. The second-order valence-corrected chi connectivity index (χ2v) is 22.9. The number of alkyl halides is 3. The third kappa shape index (κ3) is 12.3. The van der Waals surface area contributed by atoms with Crippen LogP contribution in [-0.4, -0.2) is 149 Å². The average Bonchev–Trinajstić information content (AvgIpc) is 4.22. The highest BCUT2D eigenvalue weighted by Crippen LogP contribution is 2.42. The molecule has 3 spiro atoms. The molecule has 21 heteroatoms. The molecule has 7 saturated heterocycles. The fraction of sp³-hybridized carbons (Fsp3) is 0.459. The van der Waals surface area contributed by atoms with Gasteiger partial charge < -0.3 is 56.0 Å². The molecule has 0 aliphatic carbocycles. The van der Waals surface area contributed by atoms with E-state index in [-0.39, 0.29) is 48.3 Å². The molecule has 0 bridgehead atoms. The number of likely N-dealkylation sites (tertiary alicyclic amines) is 2. The van der Waals surface area contributed by atoms with E-state index in [9.17, 15) is 37.4 Å². The van der Waals surface area contributed by atoms with Gasteiger partial charge in [0.2, 0.25) is 23.6 Å². The predicted octanol–water partition coefficient (Wildman–Crippen LogP) is 6.30. The van der Waals surface area contributed by atoms with E-state index in [0.717, 1.165) is 119 Å². The van der Waals surface area contributed by atoms with Gasteiger partial charge >= 0.3 is 13.2 Å². The highest BCUT2D eigenvalue weighted by Gasteiger charge is 2.55. The molecular formula is C61H76BF3N12O5. The number of aromatic nitrogens is 1. The zero-order chi connectivity index (χ0) is 57.7. The molecule has 12 rings (SSSR count). The molecule has 0 atom stereocenters. The van der Waals surface area contributed by atoms with Crippen LogP contribution in [0.25, 0.3) is 0 Å². The van der Waals surface area contributed by atoms with Gasteiger partial charge in [-0.3, -0.25) is 24.1 Å². The molecule has 8 heterocycles. The van der Waals surface area contributed by atoms with Crippen LogP contribution in [0.1, 0.15) is 73.6 Å². The Kier molecular flexibility index (Phi) is 17.5. The number of para-hydroxylation sites is 3. The topological polar surface area (TPSA) is 186 Å². The molecule has 82 heavy (non-hydrogen) atoms. The van der Waals surface area contributed by atoms with E-state index in [2.05, 4.69) is 52.7 Å². The molecule has 0 radical (unpaired) electrons. The van der Waals surface area contributed by atoms with E-state index in [1.54, 1.807) is 30.9 Å². The fourth-order valence-electron chi connectivity index (χ4n) is 13.4. The number of hydrogen-bond acceptors (Lipinski definition) is 13. The lowest BCUT2D eigenvalue weighted by molar-refractivity contribution is -0.142. The molecule has 0 saturated carbocycles. The van der Waals surface area contributed by atoms with Crippen molar-refractivity contribution >= 4 is 53.6 Å². The Labute approximate surface area is 479 Å². The summed E-state index contributed by atoms with van der Waals surface area (Å²) in [5, 5.41) is 19.0. The minimum absolute atomic E-state index is 0.0528. The number of pyridine rings is 1. The summed E-state index contributed by atoms with van der Waals surface area (Å²) in [5.41, 5.74) is 8.64. The van der Waals surface area contributed by atoms with E-state index in [4.69, 9.17) is 5.73 Å². The van der Waals surface area contributed by atoms with E-state index < -0.39 is 29.9 Å². The van der Waals surface area contributed by atoms with Gasteiger partial charge in [0.25, 0.3) is 0 Å². The summed E-state index contributed by atoms with van der Waals surface area (Å²) in [5.74, 6) is 0.794. The first-order chi connectivity index (χ1) is 39.5. The number of nitrogens with zero attached hydrogens (tertiary/aromatic N) is 8. The van der Waals surface area contributed by atoms with Gasteiger partial charge in [0.15, 0.2) is 0 Å². The Morgan fingerprint density at radius 2 is 1.20 bits per heavy atom. The first kappa shape index (κ1) is 58.0. The zero-order valence-corrected chi connectivity index (χ0v) is 47.0. The number of nitrogens with two attached hydrogens (primary N) is 1. The third-order valence-corrected chi connectivity index (χ3v) is 17.9. The predicted molar refractivity (Wildman–Crippen MR) is 312 cm³/mol. The second kappa shape index (κ2) is 24.7. The van der Waals surface area contributed by atoms with Gasteiger partial charge in [0.1, 0.15) is 22.4 Å². The molecule has 4 amide bonds. The van der Waals surface area contributed by atoms with E-state index in [1.165, 1.54) is 0 Å². The van der Waals surface area contributed by atoms with Crippen molar-refractivity contribution in [2.45, 2.75) is 101 Å². The van der Waals surface area contributed by atoms with Crippen molar-refractivity contribution in [2.75, 3.05) is 92.8 Å². The molecular weight excluding hydrogens is 1050 g/mol. The maximum atomic E-state index is 14.2. The highest BCUT2D eigenvalue weighted by atomic mass is 19.4. The Balaban J connectivity index is 0.000000165. The van der Waals surface area contributed by atoms with Crippen LogP contribution < -0.4 is 36.4 Å². The average molecular weight is 1130 g/mol. The number of rotatable bonds is 9. The number of carbonyl (C=O) groups excluding carboxylic acids is 4. The van der Waals surface area contributed by atoms with Crippen LogP contribution in [0.3, 0.4) is 0 Å². The van der Waals surface area contributed by atoms with Crippen molar-refractivity contribution in [3.8, 4) is 0 Å². The fourth-order valence-corrected chi connectivity index (χ4v) is 13.4. The van der Waals surface area contributed by atoms with E-state index in [1.807, 2.05) is 101 Å². The van der Waals surface area contributed by atoms with Crippen LogP contribution in [0.2, 0.25) is 6.82 Å². The van der Waals surface area contributed by atoms with Gasteiger partial charge in [0, 0.05) is 55.4 Å². The summed E-state index contributed by atoms with van der Waals surface area (Å²) in [6.45, 7) is 11.6. The van der Waals surface area contributed by atoms with Crippen molar-refractivity contribution in [1.82, 2.24) is 40.4 Å². The quantitative estimate of drug-likeness (QED) is 0.104. The number of aryl methyl sites for hydroxylation is 1. The van der Waals surface area contributed by atoms with Crippen LogP contribution in [0.15, 0.2) is 128 Å². The molecule has 7 aliphatic heterocycles. The van der Waals surface area contributed by atoms with Gasteiger partial charge in [-0.05, 0) is 176 Å². The number of anilines is 4. The van der Waals surface area contributed by atoms with Crippen LogP contribution in [0.5, 0.6) is 0 Å². The van der Waals surface area contributed by atoms with E-state index >= 15 is 0 Å². The number of benzene rings is 4. The largest absolute Gasteiger partial charge is 0.437 e. The number of halogens is 3. The Morgan fingerprint density at radius 1 is 0.671 bits per heavy atom. The first-order valence-electron chi connectivity index (χ1n) is 28.8. The monoisotopic (exact) mass is 1120 g/mol. The molecule has 7 aliphatic rings. The smallest absolute Gasteiger partial charge is 0.416 e. The van der Waals surface area contributed by atoms with Crippen molar-refractivity contribution in [2.24, 2.45) is 5.92 Å². The van der Waals surface area contributed by atoms with Crippen molar-refractivity contribution < 1.29 is 37.4 Å². The Hall–Kier alpha value is -7.20. The molecule has 434 valence electrons. The Morgan fingerprint density at radius 3 is 1.72 bits per heavy atom. The molecule has 0 unspecified atom stereocenters. The third-order valence-electron chi connectivity index (χ3n) is 17.9. The summed E-state index contributed by atoms with van der Waals surface area (Å²) in [7, 11) is -0.443. The van der Waals surface area contributed by atoms with Crippen LogP contribution >= 0.6 is 0 Å². The lowest BCUT2D eigenvalue weighted by atomic mass is 9.77. The van der Waals surface area contributed by atoms with Crippen molar-refractivity contribution in [1.29, 1.82) is 0 Å². The minimum Gasteiger partial charge on any atom is -0.437 e. The van der Waals surface area contributed by atoms with Crippen LogP contribution in [0.4, 0.5) is 36.1 Å². The summed E-state index contributed by atoms with van der Waals surface area (Å²) in [4.78, 5) is 70.8. The maximum Gasteiger partial charge on any atom is 0.416 e. The second-order valence-electron chi connectivity index (χ2n) is 22.9. The normalized spacial score (nSPS) is 20.8. The lowest BCUT2D eigenvalue weighted by Crippen LogP contribution is -2.58. The summed E-state index contributed by atoms with van der Waals surface area (Å²) < 4.78 is 40.6. The van der Waals surface area contributed by atoms with Gasteiger partial charge in [0.05, 0.1) is 25.6 Å². The summed E-state index contributed by atoms with van der Waals surface area (Å²) >= 11 is 0.